The van der Waals surface area contributed by atoms with Crippen molar-refractivity contribution in [3.8, 4) is 0 Å². The number of hydrogen-bond donors (Lipinski definition) is 1. The summed E-state index contributed by atoms with van der Waals surface area (Å²) in [6.45, 7) is 2.11. The molecule has 0 amide bonds. The molecule has 0 radical (unpaired) electrons. The van der Waals surface area contributed by atoms with Gasteiger partial charge in [-0.2, -0.15) is 0 Å². The Morgan fingerprint density at radius 3 is 2.57 bits per heavy atom. The van der Waals surface area contributed by atoms with Crippen LogP contribution in [0.4, 0.5) is 11.4 Å². The van der Waals surface area contributed by atoms with E-state index >= 15 is 0 Å². The van der Waals surface area contributed by atoms with E-state index < -0.39 is 0 Å². The smallest absolute Gasteiger partial charge is 0.0593 e. The lowest BCUT2D eigenvalue weighted by Crippen LogP contribution is -2.39. The van der Waals surface area contributed by atoms with E-state index in [0.29, 0.717) is 6.04 Å². The minimum atomic E-state index is 0.484. The Bertz CT molecular complexity index is 598. The molecule has 0 saturated carbocycles. The third kappa shape index (κ3) is 3.50. The molecule has 5 heteroatoms. The van der Waals surface area contributed by atoms with Gasteiger partial charge >= 0.3 is 0 Å². The Labute approximate surface area is 138 Å². The molecule has 3 nitrogen and oxygen atoms in total. The molecule has 1 N–H and O–H groups in total. The van der Waals surface area contributed by atoms with Crippen LogP contribution >= 0.6 is 27.5 Å². The van der Waals surface area contributed by atoms with Gasteiger partial charge < -0.3 is 10.2 Å². The molecule has 3 rings (SSSR count). The number of piperidine rings is 1. The number of aromatic nitrogens is 1. The summed E-state index contributed by atoms with van der Waals surface area (Å²) in [6, 6.07) is 10.6. The first kappa shape index (κ1) is 14.7. The fraction of sp³-hybridized carbons (Fsp3) is 0.312. The van der Waals surface area contributed by atoms with E-state index in [1.807, 2.05) is 24.5 Å². The van der Waals surface area contributed by atoms with Crippen molar-refractivity contribution in [1.29, 1.82) is 0 Å². The topological polar surface area (TPSA) is 28.2 Å². The van der Waals surface area contributed by atoms with Crippen molar-refractivity contribution in [3.05, 3.63) is 52.2 Å². The highest BCUT2D eigenvalue weighted by molar-refractivity contribution is 9.10. The maximum atomic E-state index is 6.13. The van der Waals surface area contributed by atoms with Crippen molar-refractivity contribution in [2.24, 2.45) is 0 Å². The first-order chi connectivity index (χ1) is 10.2. The molecular formula is C16H17BrClN3. The van der Waals surface area contributed by atoms with Gasteiger partial charge in [0, 0.05) is 37.2 Å². The van der Waals surface area contributed by atoms with Crippen LogP contribution in [0.25, 0.3) is 0 Å². The third-order valence-corrected chi connectivity index (χ3v) is 5.23. The second kappa shape index (κ2) is 6.67. The van der Waals surface area contributed by atoms with Gasteiger partial charge in [0.15, 0.2) is 0 Å². The quantitative estimate of drug-likeness (QED) is 0.862. The summed E-state index contributed by atoms with van der Waals surface area (Å²) in [4.78, 5) is 6.48. The minimum Gasteiger partial charge on any atom is -0.381 e. The van der Waals surface area contributed by atoms with Crippen LogP contribution in [-0.4, -0.2) is 24.1 Å². The molecule has 0 spiro atoms. The summed E-state index contributed by atoms with van der Waals surface area (Å²) in [5.41, 5.74) is 2.33. The molecule has 1 fully saturated rings. The number of hydrogen-bond acceptors (Lipinski definition) is 3. The summed E-state index contributed by atoms with van der Waals surface area (Å²) >= 11 is 9.68. The monoisotopic (exact) mass is 365 g/mol. The van der Waals surface area contributed by atoms with Gasteiger partial charge in [0.25, 0.3) is 0 Å². The van der Waals surface area contributed by atoms with E-state index in [0.717, 1.165) is 41.1 Å². The number of anilines is 2. The zero-order valence-electron chi connectivity index (χ0n) is 11.6. The molecule has 2 heterocycles. The highest BCUT2D eigenvalue weighted by Gasteiger charge is 2.20. The highest BCUT2D eigenvalue weighted by Crippen LogP contribution is 2.31. The van der Waals surface area contributed by atoms with E-state index in [9.17, 15) is 0 Å². The van der Waals surface area contributed by atoms with E-state index in [1.165, 1.54) is 5.69 Å². The van der Waals surface area contributed by atoms with Gasteiger partial charge in [-0.3, -0.25) is 4.98 Å². The van der Waals surface area contributed by atoms with E-state index in [4.69, 9.17) is 11.6 Å². The van der Waals surface area contributed by atoms with Crippen LogP contribution in [0, 0.1) is 0 Å². The zero-order chi connectivity index (χ0) is 14.7. The summed E-state index contributed by atoms with van der Waals surface area (Å²) in [5.74, 6) is 0. The lowest BCUT2D eigenvalue weighted by Gasteiger charge is -2.34. The second-order valence-electron chi connectivity index (χ2n) is 5.21. The predicted molar refractivity (Wildman–Crippen MR) is 92.2 cm³/mol. The molecule has 21 heavy (non-hydrogen) atoms. The van der Waals surface area contributed by atoms with Gasteiger partial charge in [-0.05, 0) is 53.0 Å². The number of rotatable bonds is 3. The maximum Gasteiger partial charge on any atom is 0.0593 e. The molecule has 1 aliphatic heterocycles. The summed E-state index contributed by atoms with van der Waals surface area (Å²) < 4.78 is 0.947. The van der Waals surface area contributed by atoms with Gasteiger partial charge in [-0.1, -0.05) is 17.7 Å². The first-order valence-corrected chi connectivity index (χ1v) is 8.26. The Balaban J connectivity index is 1.60. The molecule has 2 aromatic rings. The van der Waals surface area contributed by atoms with Gasteiger partial charge in [-0.25, -0.2) is 0 Å². The Morgan fingerprint density at radius 1 is 1.14 bits per heavy atom. The van der Waals surface area contributed by atoms with Crippen LogP contribution in [0.5, 0.6) is 0 Å². The van der Waals surface area contributed by atoms with Gasteiger partial charge in [-0.15, -0.1) is 0 Å². The molecule has 0 aliphatic carbocycles. The Kier molecular flexibility index (Phi) is 4.66. The lowest BCUT2D eigenvalue weighted by atomic mass is 10.0. The Morgan fingerprint density at radius 2 is 1.86 bits per heavy atom. The fourth-order valence-corrected chi connectivity index (χ4v) is 3.23. The van der Waals surface area contributed by atoms with Crippen LogP contribution in [0.3, 0.4) is 0 Å². The van der Waals surface area contributed by atoms with Crippen LogP contribution in [0.1, 0.15) is 12.8 Å². The minimum absolute atomic E-state index is 0.484. The van der Waals surface area contributed by atoms with E-state index in [2.05, 4.69) is 49.3 Å². The van der Waals surface area contributed by atoms with Crippen molar-refractivity contribution in [1.82, 2.24) is 4.98 Å². The van der Waals surface area contributed by atoms with Crippen molar-refractivity contribution >= 4 is 38.9 Å². The number of halogens is 2. The van der Waals surface area contributed by atoms with Crippen molar-refractivity contribution < 1.29 is 0 Å². The van der Waals surface area contributed by atoms with Crippen LogP contribution in [0.15, 0.2) is 47.2 Å². The van der Waals surface area contributed by atoms with Crippen molar-refractivity contribution in [3.63, 3.8) is 0 Å². The number of benzene rings is 1. The molecule has 1 aliphatic rings. The first-order valence-electron chi connectivity index (χ1n) is 7.09. The SMILES string of the molecule is Clc1cccc(NC2CCN(c3ccncc3)CC2)c1Br. The molecule has 1 aromatic heterocycles. The average Bonchev–Trinajstić information content (AvgIpc) is 2.53. The molecule has 1 aromatic carbocycles. The highest BCUT2D eigenvalue weighted by atomic mass is 79.9. The molecule has 110 valence electrons. The van der Waals surface area contributed by atoms with Crippen LogP contribution in [0.2, 0.25) is 5.02 Å². The molecule has 0 atom stereocenters. The molecular weight excluding hydrogens is 350 g/mol. The third-order valence-electron chi connectivity index (χ3n) is 3.83. The average molecular weight is 367 g/mol. The van der Waals surface area contributed by atoms with E-state index in [-0.39, 0.29) is 0 Å². The number of pyridine rings is 1. The summed E-state index contributed by atoms with van der Waals surface area (Å²) in [7, 11) is 0. The van der Waals surface area contributed by atoms with Crippen LogP contribution < -0.4 is 10.2 Å². The predicted octanol–water partition coefficient (Wildman–Crippen LogP) is 4.58. The van der Waals surface area contributed by atoms with Gasteiger partial charge in [0.1, 0.15) is 0 Å². The normalized spacial score (nSPS) is 16.0. The molecule has 1 saturated heterocycles. The lowest BCUT2D eigenvalue weighted by molar-refractivity contribution is 0.526. The largest absolute Gasteiger partial charge is 0.381 e. The standard InChI is InChI=1S/C16H17BrClN3/c17-16-14(18)2-1-3-15(16)20-12-6-10-21(11-7-12)13-4-8-19-9-5-13/h1-5,8-9,12,20H,6-7,10-11H2. The zero-order valence-corrected chi connectivity index (χ0v) is 13.9. The molecule has 0 unspecified atom stereocenters. The maximum absolute atomic E-state index is 6.13. The van der Waals surface area contributed by atoms with Crippen molar-refractivity contribution in [2.45, 2.75) is 18.9 Å². The van der Waals surface area contributed by atoms with Gasteiger partial charge in [0.2, 0.25) is 0 Å². The number of nitrogens with one attached hydrogen (secondary N) is 1. The van der Waals surface area contributed by atoms with Crippen LogP contribution in [-0.2, 0) is 0 Å². The van der Waals surface area contributed by atoms with Gasteiger partial charge in [0.05, 0.1) is 15.2 Å². The fourth-order valence-electron chi connectivity index (χ4n) is 2.67. The van der Waals surface area contributed by atoms with Crippen molar-refractivity contribution in [2.75, 3.05) is 23.3 Å². The Hall–Kier alpha value is -1.26. The summed E-state index contributed by atoms with van der Waals surface area (Å²) in [5, 5.41) is 4.34. The van der Waals surface area contributed by atoms with E-state index in [1.54, 1.807) is 0 Å². The summed E-state index contributed by atoms with van der Waals surface area (Å²) in [6.07, 6.45) is 5.92. The molecule has 0 bridgehead atoms. The second-order valence-corrected chi connectivity index (χ2v) is 6.41. The number of nitrogens with zero attached hydrogens (tertiary/aromatic N) is 2.